The van der Waals surface area contributed by atoms with Crippen molar-refractivity contribution in [3.63, 3.8) is 0 Å². The molecule has 7 heteroatoms. The molecular formula is C16H12F2NNaO3. The molecule has 1 amide bonds. The van der Waals surface area contributed by atoms with Gasteiger partial charge in [0.25, 0.3) is 0 Å². The van der Waals surface area contributed by atoms with Crippen molar-refractivity contribution in [1.82, 2.24) is 0 Å². The second-order valence-electron chi connectivity index (χ2n) is 4.66. The molecule has 0 radical (unpaired) electrons. The predicted molar refractivity (Wildman–Crippen MR) is 73.8 cm³/mol. The summed E-state index contributed by atoms with van der Waals surface area (Å²) in [7, 11) is 0. The Morgan fingerprint density at radius 1 is 1.09 bits per heavy atom. The van der Waals surface area contributed by atoms with E-state index in [1.165, 1.54) is 0 Å². The van der Waals surface area contributed by atoms with Crippen LogP contribution >= 0.6 is 0 Å². The Labute approximate surface area is 153 Å². The number of halogens is 2. The Hall–Kier alpha value is -1.76. The summed E-state index contributed by atoms with van der Waals surface area (Å²) in [5, 5.41) is 13.4. The first-order valence-electron chi connectivity index (χ1n) is 6.48. The summed E-state index contributed by atoms with van der Waals surface area (Å²) in [6, 6.07) is 10.8. The number of carboxylic acids is 1. The molecule has 0 aliphatic carbocycles. The van der Waals surface area contributed by atoms with Crippen LogP contribution in [0.2, 0.25) is 0 Å². The molecule has 1 unspecified atom stereocenters. The average Bonchev–Trinajstić information content (AvgIpc) is 2.48. The van der Waals surface area contributed by atoms with Gasteiger partial charge in [-0.3, -0.25) is 4.79 Å². The van der Waals surface area contributed by atoms with Crippen molar-refractivity contribution in [2.75, 3.05) is 5.32 Å². The summed E-state index contributed by atoms with van der Waals surface area (Å²) in [5.74, 6) is -4.96. The van der Waals surface area contributed by atoms with Gasteiger partial charge in [-0.05, 0) is 17.7 Å². The quantitative estimate of drug-likeness (QED) is 0.704. The zero-order valence-electron chi connectivity index (χ0n) is 12.4. The molecule has 0 saturated heterocycles. The van der Waals surface area contributed by atoms with Crippen LogP contribution < -0.4 is 40.0 Å². The first kappa shape index (κ1) is 19.3. The Bertz CT molecular complexity index is 695. The van der Waals surface area contributed by atoms with Crippen LogP contribution in [0.4, 0.5) is 14.5 Å². The minimum Gasteiger partial charge on any atom is -0.549 e. The minimum atomic E-state index is -1.40. The van der Waals surface area contributed by atoms with Gasteiger partial charge >= 0.3 is 29.6 Å². The van der Waals surface area contributed by atoms with Crippen molar-refractivity contribution in [3.05, 3.63) is 65.7 Å². The number of aliphatic carboxylic acids is 1. The van der Waals surface area contributed by atoms with Gasteiger partial charge in [0.15, 0.2) is 0 Å². The summed E-state index contributed by atoms with van der Waals surface area (Å²) in [5.41, 5.74) is 0.203. The Balaban J connectivity index is 0.00000264. The van der Waals surface area contributed by atoms with Crippen LogP contribution in [0.5, 0.6) is 0 Å². The summed E-state index contributed by atoms with van der Waals surface area (Å²) < 4.78 is 26.2. The third kappa shape index (κ3) is 5.42. The molecule has 2 aromatic carbocycles. The van der Waals surface area contributed by atoms with E-state index in [0.717, 1.165) is 12.1 Å². The first-order chi connectivity index (χ1) is 10.5. The third-order valence-electron chi connectivity index (χ3n) is 3.08. The topological polar surface area (TPSA) is 69.2 Å². The van der Waals surface area contributed by atoms with Crippen molar-refractivity contribution in [3.8, 4) is 0 Å². The van der Waals surface area contributed by atoms with Crippen LogP contribution in [0.15, 0.2) is 48.5 Å². The number of carbonyl (C=O) groups excluding carboxylic acids is 2. The second kappa shape index (κ2) is 8.76. The largest absolute Gasteiger partial charge is 1.00 e. The molecule has 0 fully saturated rings. The molecule has 0 aliphatic heterocycles. The summed E-state index contributed by atoms with van der Waals surface area (Å²) in [6.45, 7) is 0. The van der Waals surface area contributed by atoms with Crippen LogP contribution in [-0.2, 0) is 9.59 Å². The fourth-order valence-electron chi connectivity index (χ4n) is 2.00. The van der Waals surface area contributed by atoms with E-state index in [1.807, 2.05) is 0 Å². The summed E-state index contributed by atoms with van der Waals surface area (Å²) in [4.78, 5) is 23.1. The number of hydrogen-bond donors (Lipinski definition) is 1. The zero-order chi connectivity index (χ0) is 16.1. The first-order valence-corrected chi connectivity index (χ1v) is 6.48. The van der Waals surface area contributed by atoms with E-state index in [-0.39, 0.29) is 35.2 Å². The fourth-order valence-corrected chi connectivity index (χ4v) is 2.00. The molecule has 0 heterocycles. The zero-order valence-corrected chi connectivity index (χ0v) is 14.4. The van der Waals surface area contributed by atoms with E-state index in [4.69, 9.17) is 0 Å². The van der Waals surface area contributed by atoms with Gasteiger partial charge in [0.2, 0.25) is 5.91 Å². The van der Waals surface area contributed by atoms with Crippen molar-refractivity contribution in [2.45, 2.75) is 12.3 Å². The maximum atomic E-state index is 13.4. The van der Waals surface area contributed by atoms with E-state index in [1.54, 1.807) is 30.3 Å². The molecular weight excluding hydrogens is 315 g/mol. The molecule has 0 aromatic heterocycles. The van der Waals surface area contributed by atoms with Crippen molar-refractivity contribution in [2.24, 2.45) is 0 Å². The van der Waals surface area contributed by atoms with Crippen molar-refractivity contribution < 1.29 is 53.0 Å². The third-order valence-corrected chi connectivity index (χ3v) is 3.08. The Kier molecular flexibility index (Phi) is 7.35. The molecule has 0 saturated carbocycles. The van der Waals surface area contributed by atoms with Crippen LogP contribution in [0.25, 0.3) is 0 Å². The smallest absolute Gasteiger partial charge is 0.549 e. The van der Waals surface area contributed by atoms with Gasteiger partial charge in [0.05, 0.1) is 5.69 Å². The fraction of sp³-hybridized carbons (Fsp3) is 0.125. The van der Waals surface area contributed by atoms with E-state index >= 15 is 0 Å². The standard InChI is InChI=1S/C16H13F2NO3.Na/c17-11-6-7-14(13(18)8-11)19-15(20)9-12(16(21)22)10-4-2-1-3-5-10;/h1-8,12H,9H2,(H,19,20)(H,21,22);/q;+1/p-1. The van der Waals surface area contributed by atoms with Gasteiger partial charge < -0.3 is 15.2 Å². The maximum absolute atomic E-state index is 13.4. The number of carboxylic acid groups (broad SMARTS) is 1. The molecule has 1 N–H and O–H groups in total. The van der Waals surface area contributed by atoms with Crippen LogP contribution in [0.3, 0.4) is 0 Å². The predicted octanol–water partition coefficient (Wildman–Crippen LogP) is -1.17. The Morgan fingerprint density at radius 3 is 2.30 bits per heavy atom. The number of nitrogens with one attached hydrogen (secondary N) is 1. The molecule has 2 aromatic rings. The normalized spacial score (nSPS) is 11.2. The van der Waals surface area contributed by atoms with Gasteiger partial charge in [-0.2, -0.15) is 0 Å². The van der Waals surface area contributed by atoms with Crippen molar-refractivity contribution >= 4 is 17.6 Å². The molecule has 4 nitrogen and oxygen atoms in total. The van der Waals surface area contributed by atoms with E-state index in [2.05, 4.69) is 5.32 Å². The molecule has 0 aliphatic rings. The monoisotopic (exact) mass is 327 g/mol. The van der Waals surface area contributed by atoms with Gasteiger partial charge in [0, 0.05) is 24.4 Å². The average molecular weight is 327 g/mol. The van der Waals surface area contributed by atoms with Gasteiger partial charge in [0.1, 0.15) is 11.6 Å². The Morgan fingerprint density at radius 2 is 1.74 bits per heavy atom. The van der Waals surface area contributed by atoms with E-state index in [9.17, 15) is 23.5 Å². The SMILES string of the molecule is O=C(CC(C(=O)[O-])c1ccccc1)Nc1ccc(F)cc1F.[Na+]. The van der Waals surface area contributed by atoms with Gasteiger partial charge in [-0.1, -0.05) is 30.3 Å². The van der Waals surface area contributed by atoms with E-state index in [0.29, 0.717) is 11.6 Å². The molecule has 0 bridgehead atoms. The molecule has 1 atom stereocenters. The number of amides is 1. The number of carbonyl (C=O) groups is 2. The number of anilines is 1. The van der Waals surface area contributed by atoms with Gasteiger partial charge in [-0.15, -0.1) is 0 Å². The molecule has 0 spiro atoms. The number of hydrogen-bond acceptors (Lipinski definition) is 3. The maximum Gasteiger partial charge on any atom is 1.00 e. The summed E-state index contributed by atoms with van der Waals surface area (Å²) in [6.07, 6.45) is -0.414. The summed E-state index contributed by atoms with van der Waals surface area (Å²) >= 11 is 0. The molecule has 23 heavy (non-hydrogen) atoms. The number of benzene rings is 2. The number of rotatable bonds is 5. The minimum absolute atomic E-state index is 0. The van der Waals surface area contributed by atoms with E-state index < -0.39 is 35.8 Å². The van der Waals surface area contributed by atoms with Crippen LogP contribution in [0.1, 0.15) is 17.9 Å². The van der Waals surface area contributed by atoms with Crippen LogP contribution in [-0.4, -0.2) is 11.9 Å². The van der Waals surface area contributed by atoms with Gasteiger partial charge in [-0.25, -0.2) is 8.78 Å². The molecule has 114 valence electrons. The molecule has 2 rings (SSSR count). The van der Waals surface area contributed by atoms with Crippen LogP contribution in [0, 0.1) is 11.6 Å². The second-order valence-corrected chi connectivity index (χ2v) is 4.66. The van der Waals surface area contributed by atoms with Crippen molar-refractivity contribution in [1.29, 1.82) is 0 Å².